The van der Waals surface area contributed by atoms with Crippen molar-refractivity contribution in [3.8, 4) is 0 Å². The summed E-state index contributed by atoms with van der Waals surface area (Å²) >= 11 is 0. The lowest BCUT2D eigenvalue weighted by Gasteiger charge is -2.35. The molecular formula is C55H76N10O8S. The standard InChI is InChI=1S/C55H76N10O8S/c1-42(44-17-5-2-6-18-44)60-35-51(67)63(34-29-43-25-27-48(28-26-43)74(59,72)73)39-53(69)64(36-49(45-19-7-3-8-20-45)46-21-9-4-10-22-46)40-55(71)65(47-23-11-12-24-47)41-54(70)62(33-16-14-31-57)38-52(68)61(37-50(58)66)32-15-13-30-56/h2-10,17-22,25-28,42,47,49,60H,11-16,23-24,29-41,56-57H2,1H3,(H2,58,66)(H2,59,72,73)/t42-/m1/s1. The topological polar surface area (TPSA) is 269 Å². The van der Waals surface area contributed by atoms with Crippen LogP contribution in [0.2, 0.25) is 0 Å². The zero-order valence-electron chi connectivity index (χ0n) is 42.8. The fourth-order valence-electron chi connectivity index (χ4n) is 9.19. The zero-order chi connectivity index (χ0) is 53.5. The lowest BCUT2D eigenvalue weighted by molar-refractivity contribution is -0.148. The molecule has 0 aromatic heterocycles. The molecule has 1 atom stereocenters. The van der Waals surface area contributed by atoms with Crippen LogP contribution in [-0.4, -0.2) is 153 Å². The van der Waals surface area contributed by atoms with Gasteiger partial charge in [0, 0.05) is 44.2 Å². The van der Waals surface area contributed by atoms with E-state index in [0.29, 0.717) is 57.2 Å². The first-order valence-corrected chi connectivity index (χ1v) is 27.2. The minimum absolute atomic E-state index is 0.0466. The van der Waals surface area contributed by atoms with Crippen molar-refractivity contribution in [2.75, 3.05) is 78.5 Å². The minimum Gasteiger partial charge on any atom is -0.368 e. The average Bonchev–Trinajstić information content (AvgIpc) is 3.94. The van der Waals surface area contributed by atoms with Gasteiger partial charge in [0.2, 0.25) is 45.5 Å². The van der Waals surface area contributed by atoms with E-state index in [1.165, 1.54) is 31.7 Å². The quantitative estimate of drug-likeness (QED) is 0.0457. The number of sulfonamides is 1. The highest BCUT2D eigenvalue weighted by Crippen LogP contribution is 2.28. The van der Waals surface area contributed by atoms with Gasteiger partial charge >= 0.3 is 0 Å². The van der Waals surface area contributed by atoms with E-state index >= 15 is 9.59 Å². The molecule has 4 aromatic carbocycles. The SMILES string of the molecule is C[C@@H](NCC(=O)N(CCc1ccc(S(N)(=O)=O)cc1)CC(=O)N(CC(=O)N(CC(=O)N(CCCCN)CC(=O)N(CCCCN)CC(N)=O)C1CCCC1)CC(c1ccccc1)c1ccccc1)c1ccccc1. The molecule has 18 nitrogen and oxygen atoms in total. The molecule has 0 unspecified atom stereocenters. The lowest BCUT2D eigenvalue weighted by atomic mass is 9.90. The third-order valence-electron chi connectivity index (χ3n) is 13.5. The van der Waals surface area contributed by atoms with Crippen LogP contribution in [0.15, 0.2) is 120 Å². The molecule has 74 heavy (non-hydrogen) atoms. The van der Waals surface area contributed by atoms with E-state index in [4.69, 9.17) is 22.3 Å². The molecule has 1 aliphatic rings. The first kappa shape index (κ1) is 58.4. The molecule has 5 rings (SSSR count). The van der Waals surface area contributed by atoms with Crippen LogP contribution in [0.3, 0.4) is 0 Å². The average molecular weight is 1040 g/mol. The van der Waals surface area contributed by atoms with Crippen molar-refractivity contribution in [3.63, 3.8) is 0 Å². The molecule has 4 aromatic rings. The fourth-order valence-corrected chi connectivity index (χ4v) is 9.71. The van der Waals surface area contributed by atoms with Gasteiger partial charge in [0.25, 0.3) is 0 Å². The van der Waals surface area contributed by atoms with Gasteiger partial charge in [0.05, 0.1) is 37.6 Å². The Morgan fingerprint density at radius 3 is 1.53 bits per heavy atom. The molecule has 0 radical (unpaired) electrons. The molecule has 400 valence electrons. The van der Waals surface area contributed by atoms with Crippen LogP contribution in [0.5, 0.6) is 0 Å². The van der Waals surface area contributed by atoms with Crippen LogP contribution >= 0.6 is 0 Å². The number of primary amides is 1. The Morgan fingerprint density at radius 1 is 0.568 bits per heavy atom. The molecule has 0 saturated heterocycles. The van der Waals surface area contributed by atoms with E-state index in [0.717, 1.165) is 29.5 Å². The van der Waals surface area contributed by atoms with Crippen LogP contribution < -0.4 is 27.7 Å². The molecule has 1 saturated carbocycles. The van der Waals surface area contributed by atoms with Gasteiger partial charge in [-0.25, -0.2) is 13.6 Å². The Morgan fingerprint density at radius 2 is 1.03 bits per heavy atom. The third-order valence-corrected chi connectivity index (χ3v) is 14.4. The van der Waals surface area contributed by atoms with Gasteiger partial charge in [0.1, 0.15) is 6.54 Å². The summed E-state index contributed by atoms with van der Waals surface area (Å²) in [6.07, 6.45) is 5.44. The van der Waals surface area contributed by atoms with Crippen LogP contribution in [0, 0.1) is 0 Å². The number of hydrogen-bond donors (Lipinski definition) is 5. The summed E-state index contributed by atoms with van der Waals surface area (Å²) in [5.41, 5.74) is 20.5. The van der Waals surface area contributed by atoms with E-state index in [-0.39, 0.29) is 81.7 Å². The number of rotatable bonds is 31. The molecule has 1 aliphatic carbocycles. The van der Waals surface area contributed by atoms with Gasteiger partial charge in [-0.2, -0.15) is 0 Å². The number of nitrogens with one attached hydrogen (secondary N) is 1. The second kappa shape index (κ2) is 30.0. The summed E-state index contributed by atoms with van der Waals surface area (Å²) in [5, 5.41) is 8.65. The van der Waals surface area contributed by atoms with Gasteiger partial charge in [0.15, 0.2) is 0 Å². The number of hydrogen-bond acceptors (Lipinski definition) is 11. The number of primary sulfonamides is 1. The number of nitrogens with zero attached hydrogens (tertiary/aromatic N) is 5. The van der Waals surface area contributed by atoms with Gasteiger partial charge < -0.3 is 47.0 Å². The van der Waals surface area contributed by atoms with Crippen LogP contribution in [0.1, 0.15) is 92.5 Å². The van der Waals surface area contributed by atoms with Gasteiger partial charge in [-0.05, 0) is 99.3 Å². The Bertz CT molecular complexity index is 2480. The summed E-state index contributed by atoms with van der Waals surface area (Å²) in [5.74, 6) is -3.35. The summed E-state index contributed by atoms with van der Waals surface area (Å²) < 4.78 is 24.0. The van der Waals surface area contributed by atoms with Gasteiger partial charge in [-0.1, -0.05) is 116 Å². The van der Waals surface area contributed by atoms with E-state index in [1.807, 2.05) is 97.9 Å². The predicted molar refractivity (Wildman–Crippen MR) is 285 cm³/mol. The molecule has 0 spiro atoms. The van der Waals surface area contributed by atoms with Crippen LogP contribution in [0.25, 0.3) is 0 Å². The van der Waals surface area contributed by atoms with E-state index in [9.17, 15) is 27.6 Å². The predicted octanol–water partition coefficient (Wildman–Crippen LogP) is 3.11. The van der Waals surface area contributed by atoms with E-state index in [1.54, 1.807) is 17.0 Å². The van der Waals surface area contributed by atoms with E-state index in [2.05, 4.69) is 5.32 Å². The monoisotopic (exact) mass is 1040 g/mol. The number of carbonyl (C=O) groups excluding carboxylic acids is 6. The molecule has 9 N–H and O–H groups in total. The first-order valence-electron chi connectivity index (χ1n) is 25.7. The van der Waals surface area contributed by atoms with Crippen molar-refractivity contribution in [2.45, 2.75) is 87.6 Å². The normalized spacial score (nSPS) is 13.0. The fraction of sp³-hybridized carbons (Fsp3) is 0.455. The summed E-state index contributed by atoms with van der Waals surface area (Å²) in [7, 11) is -3.94. The smallest absolute Gasteiger partial charge is 0.242 e. The van der Waals surface area contributed by atoms with Crippen molar-refractivity contribution in [1.82, 2.24) is 29.8 Å². The summed E-state index contributed by atoms with van der Waals surface area (Å²) in [6.45, 7) is 1.30. The molecule has 1 fully saturated rings. The van der Waals surface area contributed by atoms with Crippen molar-refractivity contribution < 1.29 is 37.2 Å². The molecular weight excluding hydrogens is 961 g/mol. The highest BCUT2D eigenvalue weighted by atomic mass is 32.2. The van der Waals surface area contributed by atoms with Crippen molar-refractivity contribution >= 4 is 45.5 Å². The van der Waals surface area contributed by atoms with Crippen molar-refractivity contribution in [1.29, 1.82) is 0 Å². The van der Waals surface area contributed by atoms with Crippen molar-refractivity contribution in [2.24, 2.45) is 22.3 Å². The Hall–Kier alpha value is -6.51. The molecule has 0 aliphatic heterocycles. The Labute approximate surface area is 436 Å². The number of unbranched alkanes of at least 4 members (excludes halogenated alkanes) is 2. The zero-order valence-corrected chi connectivity index (χ0v) is 43.6. The Balaban J connectivity index is 1.48. The highest BCUT2D eigenvalue weighted by molar-refractivity contribution is 7.89. The molecule has 0 heterocycles. The number of benzene rings is 4. The number of amides is 6. The van der Waals surface area contributed by atoms with E-state index < -0.39 is 58.6 Å². The minimum atomic E-state index is -3.94. The second-order valence-corrected chi connectivity index (χ2v) is 20.5. The first-order chi connectivity index (χ1) is 35.6. The lowest BCUT2D eigenvalue weighted by Crippen LogP contribution is -2.54. The van der Waals surface area contributed by atoms with Crippen molar-refractivity contribution in [3.05, 3.63) is 138 Å². The number of nitrogens with two attached hydrogens (primary N) is 4. The van der Waals surface area contributed by atoms with Gasteiger partial charge in [-0.15, -0.1) is 0 Å². The second-order valence-electron chi connectivity index (χ2n) is 19.0. The molecule has 19 heteroatoms. The maximum atomic E-state index is 15.2. The largest absolute Gasteiger partial charge is 0.368 e. The molecule has 0 bridgehead atoms. The molecule has 6 amide bonds. The maximum Gasteiger partial charge on any atom is 0.242 e. The number of carbonyl (C=O) groups is 6. The maximum absolute atomic E-state index is 15.2. The highest BCUT2D eigenvalue weighted by Gasteiger charge is 2.34. The Kier molecular flexibility index (Phi) is 23.7. The summed E-state index contributed by atoms with van der Waals surface area (Å²) in [4.78, 5) is 92.2. The summed E-state index contributed by atoms with van der Waals surface area (Å²) in [6, 6.07) is 34.4. The van der Waals surface area contributed by atoms with Gasteiger partial charge in [-0.3, -0.25) is 28.8 Å². The van der Waals surface area contributed by atoms with Crippen LogP contribution in [0.4, 0.5) is 0 Å². The van der Waals surface area contributed by atoms with Crippen LogP contribution in [-0.2, 0) is 45.2 Å². The third kappa shape index (κ3) is 18.8.